The van der Waals surface area contributed by atoms with E-state index in [1.54, 1.807) is 43.4 Å². The Morgan fingerprint density at radius 3 is 2.28 bits per heavy atom. The Kier molecular flexibility index (Phi) is 5.73. The Morgan fingerprint density at radius 2 is 1.68 bits per heavy atom. The van der Waals surface area contributed by atoms with E-state index in [1.165, 1.54) is 19.1 Å². The maximum atomic E-state index is 12.2. The molecule has 4 N–H and O–H groups in total. The number of hydrogen-bond donors (Lipinski definition) is 3. The maximum Gasteiger partial charge on any atom is 0.341 e. The van der Waals surface area contributed by atoms with Gasteiger partial charge in [0.15, 0.2) is 6.10 Å². The highest BCUT2D eigenvalue weighted by Gasteiger charge is 2.20. The standard InChI is InChI=1S/C18H19N3O4/c1-11(25-18(24)14-5-3-4-6-15(14)20-2)17(23)21-13-9-7-12(8-10-13)16(19)22/h3-11,20H,1-2H3,(H2,19,22)(H,21,23)/t11-/m0/s1. The van der Waals surface area contributed by atoms with Crippen molar-refractivity contribution in [3.05, 3.63) is 59.7 Å². The Bertz CT molecular complexity index is 787. The zero-order chi connectivity index (χ0) is 18.4. The molecule has 0 saturated heterocycles. The topological polar surface area (TPSA) is 111 Å². The first-order valence-corrected chi connectivity index (χ1v) is 7.61. The average Bonchev–Trinajstić information content (AvgIpc) is 2.61. The zero-order valence-electron chi connectivity index (χ0n) is 13.9. The van der Waals surface area contributed by atoms with E-state index in [-0.39, 0.29) is 0 Å². The molecule has 0 spiro atoms. The van der Waals surface area contributed by atoms with Crippen molar-refractivity contribution in [1.82, 2.24) is 0 Å². The number of para-hydroxylation sites is 1. The van der Waals surface area contributed by atoms with Gasteiger partial charge in [0.2, 0.25) is 5.91 Å². The van der Waals surface area contributed by atoms with E-state index in [0.717, 1.165) is 0 Å². The Morgan fingerprint density at radius 1 is 1.04 bits per heavy atom. The van der Waals surface area contributed by atoms with Gasteiger partial charge in [-0.05, 0) is 43.3 Å². The van der Waals surface area contributed by atoms with Crippen LogP contribution in [0.5, 0.6) is 0 Å². The van der Waals surface area contributed by atoms with Gasteiger partial charge in [0.1, 0.15) is 0 Å². The molecule has 0 aromatic heterocycles. The van der Waals surface area contributed by atoms with Gasteiger partial charge in [0, 0.05) is 24.0 Å². The minimum Gasteiger partial charge on any atom is -0.449 e. The van der Waals surface area contributed by atoms with E-state index >= 15 is 0 Å². The number of nitrogens with two attached hydrogens (primary N) is 1. The fourth-order valence-corrected chi connectivity index (χ4v) is 2.12. The van der Waals surface area contributed by atoms with E-state index in [4.69, 9.17) is 10.5 Å². The number of benzene rings is 2. The summed E-state index contributed by atoms with van der Waals surface area (Å²) in [5.74, 6) is -1.64. The monoisotopic (exact) mass is 341 g/mol. The molecule has 2 aromatic carbocycles. The van der Waals surface area contributed by atoms with Crippen LogP contribution in [-0.2, 0) is 9.53 Å². The summed E-state index contributed by atoms with van der Waals surface area (Å²) in [6, 6.07) is 12.9. The molecule has 25 heavy (non-hydrogen) atoms. The molecule has 0 bridgehead atoms. The summed E-state index contributed by atoms with van der Waals surface area (Å²) in [6.07, 6.45) is -0.992. The van der Waals surface area contributed by atoms with Crippen molar-refractivity contribution in [2.45, 2.75) is 13.0 Å². The minimum atomic E-state index is -0.992. The van der Waals surface area contributed by atoms with Gasteiger partial charge >= 0.3 is 5.97 Å². The second kappa shape index (κ2) is 7.96. The zero-order valence-corrected chi connectivity index (χ0v) is 13.9. The molecule has 0 aliphatic carbocycles. The lowest BCUT2D eigenvalue weighted by atomic mass is 10.2. The maximum absolute atomic E-state index is 12.2. The lowest BCUT2D eigenvalue weighted by Crippen LogP contribution is -2.30. The van der Waals surface area contributed by atoms with E-state index in [9.17, 15) is 14.4 Å². The fourth-order valence-electron chi connectivity index (χ4n) is 2.12. The van der Waals surface area contributed by atoms with Gasteiger partial charge in [-0.15, -0.1) is 0 Å². The molecule has 7 heteroatoms. The molecular weight excluding hydrogens is 322 g/mol. The number of amides is 2. The van der Waals surface area contributed by atoms with Crippen LogP contribution in [0.1, 0.15) is 27.6 Å². The van der Waals surface area contributed by atoms with E-state index in [0.29, 0.717) is 22.5 Å². The average molecular weight is 341 g/mol. The van der Waals surface area contributed by atoms with Gasteiger partial charge in [-0.2, -0.15) is 0 Å². The first-order chi connectivity index (χ1) is 11.9. The highest BCUT2D eigenvalue weighted by Crippen LogP contribution is 2.16. The second-order valence-corrected chi connectivity index (χ2v) is 5.27. The molecule has 130 valence electrons. The molecular formula is C18H19N3O4. The molecule has 0 unspecified atom stereocenters. The van der Waals surface area contributed by atoms with Crippen molar-refractivity contribution < 1.29 is 19.1 Å². The molecule has 0 aliphatic heterocycles. The first-order valence-electron chi connectivity index (χ1n) is 7.61. The molecule has 7 nitrogen and oxygen atoms in total. The molecule has 0 fully saturated rings. The van der Waals surface area contributed by atoms with Crippen LogP contribution in [-0.4, -0.2) is 30.9 Å². The van der Waals surface area contributed by atoms with Crippen LogP contribution >= 0.6 is 0 Å². The van der Waals surface area contributed by atoms with Crippen LogP contribution in [0.3, 0.4) is 0 Å². The van der Waals surface area contributed by atoms with Crippen LogP contribution in [0, 0.1) is 0 Å². The number of nitrogens with one attached hydrogen (secondary N) is 2. The fraction of sp³-hybridized carbons (Fsp3) is 0.167. The number of carbonyl (C=O) groups excluding carboxylic acids is 3. The summed E-state index contributed by atoms with van der Waals surface area (Å²) < 4.78 is 5.21. The SMILES string of the molecule is CNc1ccccc1C(=O)O[C@@H](C)C(=O)Nc1ccc(C(N)=O)cc1. The lowest BCUT2D eigenvalue weighted by molar-refractivity contribution is -0.123. The highest BCUT2D eigenvalue weighted by atomic mass is 16.5. The minimum absolute atomic E-state index is 0.334. The summed E-state index contributed by atoms with van der Waals surface area (Å²) >= 11 is 0. The van der Waals surface area contributed by atoms with E-state index < -0.39 is 23.9 Å². The van der Waals surface area contributed by atoms with Gasteiger partial charge in [0.05, 0.1) is 5.56 Å². The molecule has 0 radical (unpaired) electrons. The second-order valence-electron chi connectivity index (χ2n) is 5.27. The van der Waals surface area contributed by atoms with Crippen molar-refractivity contribution in [3.8, 4) is 0 Å². The van der Waals surface area contributed by atoms with Crippen molar-refractivity contribution in [2.75, 3.05) is 17.7 Å². The number of primary amides is 1. The number of rotatable bonds is 6. The van der Waals surface area contributed by atoms with E-state index in [1.807, 2.05) is 0 Å². The van der Waals surface area contributed by atoms with Crippen molar-refractivity contribution in [3.63, 3.8) is 0 Å². The summed E-state index contributed by atoms with van der Waals surface area (Å²) in [4.78, 5) is 35.4. The summed E-state index contributed by atoms with van der Waals surface area (Å²) in [5, 5.41) is 5.50. The van der Waals surface area contributed by atoms with Crippen molar-refractivity contribution in [1.29, 1.82) is 0 Å². The van der Waals surface area contributed by atoms with Gasteiger partial charge in [-0.3, -0.25) is 9.59 Å². The van der Waals surface area contributed by atoms with Gasteiger partial charge < -0.3 is 21.1 Å². The quantitative estimate of drug-likeness (QED) is 0.696. The molecule has 2 amide bonds. The van der Waals surface area contributed by atoms with Crippen LogP contribution < -0.4 is 16.4 Å². The predicted molar refractivity (Wildman–Crippen MR) is 94.5 cm³/mol. The first kappa shape index (κ1) is 18.0. The van der Waals surface area contributed by atoms with E-state index in [2.05, 4.69) is 10.6 Å². The largest absolute Gasteiger partial charge is 0.449 e. The van der Waals surface area contributed by atoms with Gasteiger partial charge in [-0.1, -0.05) is 12.1 Å². The Balaban J connectivity index is 2.00. The lowest BCUT2D eigenvalue weighted by Gasteiger charge is -2.15. The van der Waals surface area contributed by atoms with Crippen LogP contribution in [0.2, 0.25) is 0 Å². The highest BCUT2D eigenvalue weighted by molar-refractivity contribution is 6.00. The molecule has 0 saturated carbocycles. The summed E-state index contributed by atoms with van der Waals surface area (Å²) in [7, 11) is 1.69. The Hall–Kier alpha value is -3.35. The van der Waals surface area contributed by atoms with Gasteiger partial charge in [0.25, 0.3) is 5.91 Å². The number of hydrogen-bond acceptors (Lipinski definition) is 5. The predicted octanol–water partition coefficient (Wildman–Crippen LogP) is 2.01. The number of anilines is 2. The van der Waals surface area contributed by atoms with Crippen molar-refractivity contribution >= 4 is 29.2 Å². The third-order valence-electron chi connectivity index (χ3n) is 3.51. The molecule has 1 atom stereocenters. The third kappa shape index (κ3) is 4.57. The number of ether oxygens (including phenoxy) is 1. The summed E-state index contributed by atoms with van der Waals surface area (Å²) in [5.41, 5.74) is 6.91. The number of carbonyl (C=O) groups is 3. The molecule has 2 rings (SSSR count). The normalized spacial score (nSPS) is 11.3. The smallest absolute Gasteiger partial charge is 0.341 e. The molecule has 2 aromatic rings. The summed E-state index contributed by atoms with van der Waals surface area (Å²) in [6.45, 7) is 1.48. The Labute approximate surface area is 145 Å². The number of esters is 1. The molecule has 0 heterocycles. The molecule has 0 aliphatic rings. The van der Waals surface area contributed by atoms with Gasteiger partial charge in [-0.25, -0.2) is 4.79 Å². The van der Waals surface area contributed by atoms with Crippen LogP contribution in [0.15, 0.2) is 48.5 Å². The third-order valence-corrected chi connectivity index (χ3v) is 3.51. The van der Waals surface area contributed by atoms with Crippen molar-refractivity contribution in [2.24, 2.45) is 5.73 Å². The van der Waals surface area contributed by atoms with Crippen LogP contribution in [0.4, 0.5) is 11.4 Å². The van der Waals surface area contributed by atoms with Crippen LogP contribution in [0.25, 0.3) is 0 Å².